The van der Waals surface area contributed by atoms with Crippen molar-refractivity contribution in [1.82, 2.24) is 19.8 Å². The van der Waals surface area contributed by atoms with Crippen LogP contribution in [0.2, 0.25) is 0 Å². The number of nitrogens with one attached hydrogen (secondary N) is 1. The highest BCUT2D eigenvalue weighted by molar-refractivity contribution is 5.96. The number of esters is 1. The molecule has 1 N–H and O–H groups in total. The standard InChI is InChI=1S/C30H33FN4O6/c1-2-38-28(37)6-3-19-13-24(31)30-29-23(19)4-5-27(36)35(29)22(18-41-30)17-34-9-7-20(8-10-34)32-15-21-14-25-26(16-33-21)40-12-11-39-25/h3-6,13-14,16,20,22,32H,2,7-12,15,17-18H2,1H3/b6-3+/t22-/m1/s1. The van der Waals surface area contributed by atoms with Crippen molar-refractivity contribution < 1.29 is 28.1 Å². The third kappa shape index (κ3) is 5.77. The minimum atomic E-state index is -0.571. The fraction of sp³-hybridized carbons (Fsp3) is 0.433. The number of rotatable bonds is 8. The number of carbonyl (C=O) groups is 1. The average molecular weight is 565 g/mol. The Hall–Kier alpha value is -3.96. The molecule has 3 aliphatic heterocycles. The van der Waals surface area contributed by atoms with Crippen molar-refractivity contribution in [2.75, 3.05) is 46.1 Å². The zero-order valence-corrected chi connectivity index (χ0v) is 22.9. The Morgan fingerprint density at radius 1 is 1.17 bits per heavy atom. The van der Waals surface area contributed by atoms with E-state index in [4.69, 9.17) is 18.9 Å². The van der Waals surface area contributed by atoms with Gasteiger partial charge in [0.2, 0.25) is 0 Å². The number of hydrogen-bond acceptors (Lipinski definition) is 9. The number of pyridine rings is 2. The molecule has 0 amide bonds. The van der Waals surface area contributed by atoms with Gasteiger partial charge in [-0.2, -0.15) is 0 Å². The third-order valence-corrected chi connectivity index (χ3v) is 7.74. The maximum Gasteiger partial charge on any atom is 0.330 e. The van der Waals surface area contributed by atoms with E-state index in [0.717, 1.165) is 37.4 Å². The van der Waals surface area contributed by atoms with Gasteiger partial charge in [-0.3, -0.25) is 14.3 Å². The molecule has 5 heterocycles. The van der Waals surface area contributed by atoms with E-state index in [1.165, 1.54) is 24.3 Å². The molecular formula is C30H33FN4O6. The summed E-state index contributed by atoms with van der Waals surface area (Å²) in [4.78, 5) is 31.7. The second-order valence-corrected chi connectivity index (χ2v) is 10.4. The van der Waals surface area contributed by atoms with E-state index >= 15 is 4.39 Å². The molecule has 3 aromatic rings. The monoisotopic (exact) mass is 564 g/mol. The van der Waals surface area contributed by atoms with Crippen molar-refractivity contribution in [3.8, 4) is 17.2 Å². The van der Waals surface area contributed by atoms with Crippen LogP contribution in [0, 0.1) is 5.82 Å². The van der Waals surface area contributed by atoms with Gasteiger partial charge in [0.25, 0.3) is 5.56 Å². The first-order valence-electron chi connectivity index (χ1n) is 14.1. The predicted octanol–water partition coefficient (Wildman–Crippen LogP) is 3.07. The molecule has 0 spiro atoms. The van der Waals surface area contributed by atoms with E-state index in [1.54, 1.807) is 23.8 Å². The number of likely N-dealkylation sites (tertiary alicyclic amines) is 1. The van der Waals surface area contributed by atoms with Gasteiger partial charge in [-0.05, 0) is 56.6 Å². The summed E-state index contributed by atoms with van der Waals surface area (Å²) in [5.74, 6) is 0.405. The van der Waals surface area contributed by atoms with Gasteiger partial charge in [0.15, 0.2) is 23.1 Å². The summed E-state index contributed by atoms with van der Waals surface area (Å²) in [5, 5.41) is 4.24. The minimum absolute atomic E-state index is 0.0675. The summed E-state index contributed by atoms with van der Waals surface area (Å²) < 4.78 is 38.8. The Labute approximate surface area is 236 Å². The molecule has 10 nitrogen and oxygen atoms in total. The molecule has 0 aliphatic carbocycles. The van der Waals surface area contributed by atoms with E-state index in [1.807, 2.05) is 6.07 Å². The van der Waals surface area contributed by atoms with E-state index in [0.29, 0.717) is 54.6 Å². The largest absolute Gasteiger partial charge is 0.486 e. The molecule has 0 bridgehead atoms. The molecule has 6 rings (SSSR count). The van der Waals surface area contributed by atoms with Gasteiger partial charge in [-0.1, -0.05) is 0 Å². The van der Waals surface area contributed by atoms with Gasteiger partial charge < -0.3 is 29.2 Å². The second-order valence-electron chi connectivity index (χ2n) is 10.4. The summed E-state index contributed by atoms with van der Waals surface area (Å²) in [6.45, 7) is 6.23. The van der Waals surface area contributed by atoms with E-state index in [9.17, 15) is 9.59 Å². The van der Waals surface area contributed by atoms with Gasteiger partial charge in [0.1, 0.15) is 19.8 Å². The van der Waals surface area contributed by atoms with Crippen LogP contribution in [0.4, 0.5) is 4.39 Å². The Balaban J connectivity index is 1.12. The van der Waals surface area contributed by atoms with Crippen LogP contribution in [-0.4, -0.2) is 72.5 Å². The number of aromatic nitrogens is 2. The Kier molecular flexibility index (Phi) is 7.89. The van der Waals surface area contributed by atoms with Gasteiger partial charge in [0, 0.05) is 42.7 Å². The summed E-state index contributed by atoms with van der Waals surface area (Å²) in [5.41, 5.74) is 1.60. The number of hydrogen-bond donors (Lipinski definition) is 1. The average Bonchev–Trinajstić information content (AvgIpc) is 2.99. The topological polar surface area (TPSA) is 104 Å². The molecule has 1 fully saturated rings. The van der Waals surface area contributed by atoms with Gasteiger partial charge in [-0.25, -0.2) is 9.18 Å². The van der Waals surface area contributed by atoms with Crippen LogP contribution in [0.3, 0.4) is 0 Å². The summed E-state index contributed by atoms with van der Waals surface area (Å²) in [6, 6.07) is 6.47. The number of nitrogens with zero attached hydrogens (tertiary/aromatic N) is 3. The molecule has 2 aromatic heterocycles. The molecule has 3 aliphatic rings. The van der Waals surface area contributed by atoms with Crippen molar-refractivity contribution in [1.29, 1.82) is 0 Å². The van der Waals surface area contributed by atoms with E-state index in [2.05, 4.69) is 15.2 Å². The Bertz CT molecular complexity index is 1530. The van der Waals surface area contributed by atoms with Crippen molar-refractivity contribution in [2.24, 2.45) is 0 Å². The van der Waals surface area contributed by atoms with Crippen molar-refractivity contribution in [2.45, 2.75) is 38.4 Å². The summed E-state index contributed by atoms with van der Waals surface area (Å²) in [6.07, 6.45) is 6.39. The first-order chi connectivity index (χ1) is 20.0. The highest BCUT2D eigenvalue weighted by Crippen LogP contribution is 2.37. The van der Waals surface area contributed by atoms with Crippen LogP contribution in [-0.2, 0) is 16.1 Å². The lowest BCUT2D eigenvalue weighted by molar-refractivity contribution is -0.137. The second kappa shape index (κ2) is 11.9. The molecule has 41 heavy (non-hydrogen) atoms. The Morgan fingerprint density at radius 3 is 2.78 bits per heavy atom. The number of benzene rings is 1. The third-order valence-electron chi connectivity index (χ3n) is 7.74. The molecule has 11 heteroatoms. The minimum Gasteiger partial charge on any atom is -0.486 e. The molecule has 0 radical (unpaired) electrons. The normalized spacial score (nSPS) is 18.9. The lowest BCUT2D eigenvalue weighted by atomic mass is 10.0. The fourth-order valence-electron chi connectivity index (χ4n) is 5.74. The van der Waals surface area contributed by atoms with Crippen LogP contribution in [0.5, 0.6) is 17.2 Å². The fourth-order valence-corrected chi connectivity index (χ4v) is 5.74. The first kappa shape index (κ1) is 27.2. The smallest absolute Gasteiger partial charge is 0.330 e. The number of halogens is 1. The zero-order valence-electron chi connectivity index (χ0n) is 22.9. The number of fused-ring (bicyclic) bond motifs is 1. The van der Waals surface area contributed by atoms with Crippen LogP contribution >= 0.6 is 0 Å². The molecule has 1 saturated heterocycles. The first-order valence-corrected chi connectivity index (χ1v) is 14.1. The zero-order chi connectivity index (χ0) is 28.3. The number of ether oxygens (including phenoxy) is 4. The SMILES string of the molecule is CCOC(=O)/C=C/c1cc(F)c2c3c1ccc(=O)n3[C@H](CN1CCC(NCc3cc4c(cn3)OCCO4)CC1)CO2. The van der Waals surface area contributed by atoms with Crippen LogP contribution < -0.4 is 25.1 Å². The quantitative estimate of drug-likeness (QED) is 0.327. The summed E-state index contributed by atoms with van der Waals surface area (Å²) >= 11 is 0. The van der Waals surface area contributed by atoms with Crippen molar-refractivity contribution in [3.63, 3.8) is 0 Å². The highest BCUT2D eigenvalue weighted by atomic mass is 19.1. The molecule has 0 saturated carbocycles. The molecular weight excluding hydrogens is 531 g/mol. The van der Waals surface area contributed by atoms with Crippen LogP contribution in [0.1, 0.15) is 37.1 Å². The summed E-state index contributed by atoms with van der Waals surface area (Å²) in [7, 11) is 0. The Morgan fingerprint density at radius 2 is 1.98 bits per heavy atom. The molecule has 1 aromatic carbocycles. The van der Waals surface area contributed by atoms with Gasteiger partial charge >= 0.3 is 5.97 Å². The lowest BCUT2D eigenvalue weighted by Crippen LogP contribution is -2.46. The maximum absolute atomic E-state index is 15.1. The van der Waals surface area contributed by atoms with Gasteiger partial charge in [-0.15, -0.1) is 0 Å². The van der Waals surface area contributed by atoms with Gasteiger partial charge in [0.05, 0.1) is 30.1 Å². The van der Waals surface area contributed by atoms with Crippen molar-refractivity contribution in [3.05, 3.63) is 64.0 Å². The molecule has 1 atom stereocenters. The molecule has 0 unspecified atom stereocenters. The highest BCUT2D eigenvalue weighted by Gasteiger charge is 2.30. The van der Waals surface area contributed by atoms with E-state index in [-0.39, 0.29) is 30.6 Å². The number of carbonyl (C=O) groups excluding carboxylic acids is 1. The van der Waals surface area contributed by atoms with Crippen molar-refractivity contribution >= 4 is 22.9 Å². The molecule has 216 valence electrons. The van der Waals surface area contributed by atoms with Crippen LogP contribution in [0.25, 0.3) is 17.0 Å². The lowest BCUT2D eigenvalue weighted by Gasteiger charge is -2.36. The maximum atomic E-state index is 15.1. The van der Waals surface area contributed by atoms with Crippen LogP contribution in [0.15, 0.2) is 41.3 Å². The predicted molar refractivity (Wildman–Crippen MR) is 150 cm³/mol. The number of piperidine rings is 1. The van der Waals surface area contributed by atoms with E-state index < -0.39 is 11.8 Å².